The molecule has 0 atom stereocenters. The van der Waals surface area contributed by atoms with Crippen LogP contribution in [0.15, 0.2) is 65.1 Å². The van der Waals surface area contributed by atoms with Crippen LogP contribution in [0.2, 0.25) is 0 Å². The molecule has 0 saturated carbocycles. The molecule has 0 spiro atoms. The molecule has 0 fully saturated rings. The van der Waals surface area contributed by atoms with Gasteiger partial charge in [0.2, 0.25) is 0 Å². The summed E-state index contributed by atoms with van der Waals surface area (Å²) < 4.78 is 0.724. The summed E-state index contributed by atoms with van der Waals surface area (Å²) in [7, 11) is 0. The Balaban J connectivity index is 1.89. The van der Waals surface area contributed by atoms with E-state index in [2.05, 4.69) is 21.2 Å². The molecular formula is C17H12BrNO2. The molecule has 104 valence electrons. The van der Waals surface area contributed by atoms with E-state index in [-0.39, 0.29) is 17.2 Å². The fraction of sp³-hybridized carbons (Fsp3) is 0. The highest BCUT2D eigenvalue weighted by atomic mass is 79.9. The molecule has 0 aliphatic heterocycles. The van der Waals surface area contributed by atoms with Crippen LogP contribution in [0.5, 0.6) is 5.75 Å². The van der Waals surface area contributed by atoms with Gasteiger partial charge in [0.05, 0.1) is 5.56 Å². The number of fused-ring (bicyclic) bond motifs is 1. The zero-order chi connectivity index (χ0) is 14.8. The van der Waals surface area contributed by atoms with Gasteiger partial charge in [-0.25, -0.2) is 0 Å². The number of rotatable bonds is 2. The van der Waals surface area contributed by atoms with Crippen LogP contribution in [0.25, 0.3) is 10.8 Å². The third-order valence-corrected chi connectivity index (χ3v) is 3.70. The molecule has 0 bridgehead atoms. The number of nitrogens with one attached hydrogen (secondary N) is 1. The summed E-state index contributed by atoms with van der Waals surface area (Å²) in [5, 5.41) is 14.8. The molecule has 0 unspecified atom stereocenters. The highest BCUT2D eigenvalue weighted by Gasteiger charge is 2.11. The second-order valence-electron chi connectivity index (χ2n) is 4.68. The average molecular weight is 342 g/mol. The lowest BCUT2D eigenvalue weighted by Gasteiger charge is -2.08. The van der Waals surface area contributed by atoms with Crippen molar-refractivity contribution in [2.75, 3.05) is 5.32 Å². The number of hydrogen-bond acceptors (Lipinski definition) is 2. The molecule has 1 amide bonds. The van der Waals surface area contributed by atoms with E-state index in [0.717, 1.165) is 15.2 Å². The van der Waals surface area contributed by atoms with Crippen molar-refractivity contribution >= 4 is 38.3 Å². The number of hydrogen-bond donors (Lipinski definition) is 2. The number of carbonyl (C=O) groups excluding carboxylic acids is 1. The molecule has 0 aliphatic carbocycles. The lowest BCUT2D eigenvalue weighted by Crippen LogP contribution is -2.11. The third kappa shape index (κ3) is 2.90. The maximum Gasteiger partial charge on any atom is 0.259 e. The monoisotopic (exact) mass is 341 g/mol. The standard InChI is InChI=1S/C17H12BrNO2/c18-13-6-8-15(16(20)10-13)17(21)19-14-7-5-11-3-1-2-4-12(11)9-14/h1-10,20H,(H,19,21). The molecule has 21 heavy (non-hydrogen) atoms. The van der Waals surface area contributed by atoms with Gasteiger partial charge < -0.3 is 10.4 Å². The molecule has 4 heteroatoms. The molecule has 0 radical (unpaired) electrons. The number of aromatic hydroxyl groups is 1. The smallest absolute Gasteiger partial charge is 0.259 e. The minimum atomic E-state index is -0.338. The van der Waals surface area contributed by atoms with Crippen LogP contribution in [0.1, 0.15) is 10.4 Å². The van der Waals surface area contributed by atoms with Crippen LogP contribution in [-0.4, -0.2) is 11.0 Å². The van der Waals surface area contributed by atoms with Crippen molar-refractivity contribution in [3.63, 3.8) is 0 Å². The summed E-state index contributed by atoms with van der Waals surface area (Å²) in [5.41, 5.74) is 0.937. The second kappa shape index (κ2) is 5.58. The van der Waals surface area contributed by atoms with Gasteiger partial charge in [-0.3, -0.25) is 4.79 Å². The summed E-state index contributed by atoms with van der Waals surface area (Å²) in [4.78, 5) is 12.2. The number of benzene rings is 3. The molecule has 3 aromatic carbocycles. The molecule has 3 rings (SSSR count). The summed E-state index contributed by atoms with van der Waals surface area (Å²) in [5.74, 6) is -0.391. The highest BCUT2D eigenvalue weighted by Crippen LogP contribution is 2.24. The van der Waals surface area contributed by atoms with Crippen molar-refractivity contribution in [3.8, 4) is 5.75 Å². The molecule has 0 heterocycles. The zero-order valence-corrected chi connectivity index (χ0v) is 12.6. The Morgan fingerprint density at radius 1 is 0.952 bits per heavy atom. The normalized spacial score (nSPS) is 10.5. The van der Waals surface area contributed by atoms with E-state index in [4.69, 9.17) is 0 Å². The van der Waals surface area contributed by atoms with Crippen molar-refractivity contribution in [1.82, 2.24) is 0 Å². The Hall–Kier alpha value is -2.33. The molecule has 0 aliphatic rings. The summed E-state index contributed by atoms with van der Waals surface area (Å²) in [6.07, 6.45) is 0. The maximum atomic E-state index is 12.2. The van der Waals surface area contributed by atoms with E-state index < -0.39 is 0 Å². The maximum absolute atomic E-state index is 12.2. The number of phenolic OH excluding ortho intramolecular Hbond substituents is 1. The van der Waals surface area contributed by atoms with Crippen LogP contribution in [-0.2, 0) is 0 Å². The first-order valence-electron chi connectivity index (χ1n) is 6.42. The third-order valence-electron chi connectivity index (χ3n) is 3.21. The second-order valence-corrected chi connectivity index (χ2v) is 5.59. The van der Waals surface area contributed by atoms with Crippen molar-refractivity contribution in [2.45, 2.75) is 0 Å². The number of anilines is 1. The first-order chi connectivity index (χ1) is 10.1. The SMILES string of the molecule is O=C(Nc1ccc2ccccc2c1)c1ccc(Br)cc1O. The first-order valence-corrected chi connectivity index (χ1v) is 7.21. The topological polar surface area (TPSA) is 49.3 Å². The van der Waals surface area contributed by atoms with Gasteiger partial charge in [-0.1, -0.05) is 46.3 Å². The quantitative estimate of drug-likeness (QED) is 0.717. The molecule has 0 aromatic heterocycles. The van der Waals surface area contributed by atoms with Crippen molar-refractivity contribution in [1.29, 1.82) is 0 Å². The van der Waals surface area contributed by atoms with Crippen LogP contribution in [0.4, 0.5) is 5.69 Å². The fourth-order valence-corrected chi connectivity index (χ4v) is 2.51. The van der Waals surface area contributed by atoms with Gasteiger partial charge in [0.15, 0.2) is 0 Å². The number of amides is 1. The largest absolute Gasteiger partial charge is 0.507 e. The van der Waals surface area contributed by atoms with Gasteiger partial charge in [-0.05, 0) is 41.1 Å². The van der Waals surface area contributed by atoms with Gasteiger partial charge in [0.25, 0.3) is 5.91 Å². The molecule has 3 aromatic rings. The van der Waals surface area contributed by atoms with Crippen LogP contribution >= 0.6 is 15.9 Å². The highest BCUT2D eigenvalue weighted by molar-refractivity contribution is 9.10. The van der Waals surface area contributed by atoms with Crippen LogP contribution in [0.3, 0.4) is 0 Å². The molecular weight excluding hydrogens is 330 g/mol. The van der Waals surface area contributed by atoms with E-state index in [1.165, 1.54) is 6.07 Å². The summed E-state index contributed by atoms with van der Waals surface area (Å²) in [6.45, 7) is 0. The minimum absolute atomic E-state index is 0.0531. The van der Waals surface area contributed by atoms with Gasteiger partial charge >= 0.3 is 0 Å². The van der Waals surface area contributed by atoms with E-state index in [9.17, 15) is 9.90 Å². The summed E-state index contributed by atoms with van der Waals surface area (Å²) >= 11 is 3.25. The van der Waals surface area contributed by atoms with E-state index >= 15 is 0 Å². The van der Waals surface area contributed by atoms with Crippen LogP contribution in [0, 0.1) is 0 Å². The Morgan fingerprint density at radius 2 is 1.71 bits per heavy atom. The fourth-order valence-electron chi connectivity index (χ4n) is 2.16. The number of halogens is 1. The first kappa shape index (κ1) is 13.6. The van der Waals surface area contributed by atoms with Gasteiger partial charge in [-0.15, -0.1) is 0 Å². The van der Waals surface area contributed by atoms with Crippen LogP contribution < -0.4 is 5.32 Å². The van der Waals surface area contributed by atoms with E-state index in [0.29, 0.717) is 5.69 Å². The number of phenols is 1. The Labute approximate surface area is 130 Å². The summed E-state index contributed by atoms with van der Waals surface area (Å²) in [6, 6.07) is 18.4. The lowest BCUT2D eigenvalue weighted by molar-refractivity contribution is 0.102. The predicted octanol–water partition coefficient (Wildman–Crippen LogP) is 4.56. The Bertz CT molecular complexity index is 830. The van der Waals surface area contributed by atoms with Crippen molar-refractivity contribution in [2.24, 2.45) is 0 Å². The van der Waals surface area contributed by atoms with E-state index in [1.807, 2.05) is 42.5 Å². The van der Waals surface area contributed by atoms with Gasteiger partial charge in [0.1, 0.15) is 5.75 Å². The van der Waals surface area contributed by atoms with Gasteiger partial charge in [-0.2, -0.15) is 0 Å². The Kier molecular flexibility index (Phi) is 3.62. The number of carbonyl (C=O) groups is 1. The predicted molar refractivity (Wildman–Crippen MR) is 87.7 cm³/mol. The minimum Gasteiger partial charge on any atom is -0.507 e. The molecule has 0 saturated heterocycles. The van der Waals surface area contributed by atoms with Crippen molar-refractivity contribution < 1.29 is 9.90 Å². The van der Waals surface area contributed by atoms with E-state index in [1.54, 1.807) is 12.1 Å². The van der Waals surface area contributed by atoms with Crippen molar-refractivity contribution in [3.05, 3.63) is 70.7 Å². The lowest BCUT2D eigenvalue weighted by atomic mass is 10.1. The molecule has 3 nitrogen and oxygen atoms in total. The average Bonchev–Trinajstić information content (AvgIpc) is 2.47. The Morgan fingerprint density at radius 3 is 2.48 bits per heavy atom. The van der Waals surface area contributed by atoms with Gasteiger partial charge in [0, 0.05) is 10.2 Å². The zero-order valence-electron chi connectivity index (χ0n) is 11.0. The molecule has 2 N–H and O–H groups in total.